The van der Waals surface area contributed by atoms with Crippen molar-refractivity contribution in [2.75, 3.05) is 39.4 Å². The lowest BCUT2D eigenvalue weighted by atomic mass is 9.71. The molecule has 0 spiro atoms. The molecule has 5 heteroatoms. The molecule has 0 aromatic heterocycles. The van der Waals surface area contributed by atoms with E-state index in [1.54, 1.807) is 0 Å². The Balaban J connectivity index is 1.63. The number of aryl methyl sites for hydroxylation is 1. The molecule has 0 bridgehead atoms. The molecule has 1 aliphatic heterocycles. The van der Waals surface area contributed by atoms with Gasteiger partial charge in [-0.25, -0.2) is 0 Å². The Morgan fingerprint density at radius 3 is 2.48 bits per heavy atom. The van der Waals surface area contributed by atoms with E-state index >= 15 is 0 Å². The van der Waals surface area contributed by atoms with Crippen molar-refractivity contribution in [3.05, 3.63) is 35.4 Å². The SMILES string of the molecule is Cc1ccc(C(CNC(=O)CC2(CN)CCCCC2)N2CCOCC2)cc1. The van der Waals surface area contributed by atoms with Gasteiger partial charge in [-0.15, -0.1) is 0 Å². The quantitative estimate of drug-likeness (QED) is 0.771. The van der Waals surface area contributed by atoms with Gasteiger partial charge in [-0.3, -0.25) is 9.69 Å². The minimum absolute atomic E-state index is 0.0145. The predicted octanol–water partition coefficient (Wildman–Crippen LogP) is 2.78. The van der Waals surface area contributed by atoms with Crippen LogP contribution in [0.25, 0.3) is 0 Å². The summed E-state index contributed by atoms with van der Waals surface area (Å²) in [6, 6.07) is 8.86. The second-order valence-corrected chi connectivity index (χ2v) is 8.32. The highest BCUT2D eigenvalue weighted by Gasteiger charge is 2.33. The Bertz CT molecular complexity index is 590. The third-order valence-electron chi connectivity index (χ3n) is 6.32. The van der Waals surface area contributed by atoms with E-state index in [1.165, 1.54) is 30.4 Å². The van der Waals surface area contributed by atoms with Crippen molar-refractivity contribution in [2.45, 2.75) is 51.5 Å². The van der Waals surface area contributed by atoms with E-state index in [0.29, 0.717) is 19.5 Å². The molecule has 1 aromatic rings. The van der Waals surface area contributed by atoms with Crippen LogP contribution in [0.1, 0.15) is 55.7 Å². The molecule has 3 rings (SSSR count). The van der Waals surface area contributed by atoms with Gasteiger partial charge in [-0.2, -0.15) is 0 Å². The summed E-state index contributed by atoms with van der Waals surface area (Å²) in [5, 5.41) is 3.22. The number of benzene rings is 1. The second-order valence-electron chi connectivity index (χ2n) is 8.32. The van der Waals surface area contributed by atoms with Gasteiger partial charge in [-0.1, -0.05) is 49.1 Å². The van der Waals surface area contributed by atoms with E-state index in [-0.39, 0.29) is 17.4 Å². The van der Waals surface area contributed by atoms with E-state index in [2.05, 4.69) is 41.4 Å². The number of hydrogen-bond donors (Lipinski definition) is 2. The number of hydrogen-bond acceptors (Lipinski definition) is 4. The Kier molecular flexibility index (Phi) is 7.27. The third-order valence-corrected chi connectivity index (χ3v) is 6.32. The summed E-state index contributed by atoms with van der Waals surface area (Å²) in [6.07, 6.45) is 6.40. The van der Waals surface area contributed by atoms with Gasteiger partial charge in [-0.05, 0) is 37.3 Å². The molecule has 2 aliphatic rings. The molecule has 1 amide bonds. The number of nitrogens with two attached hydrogens (primary N) is 1. The summed E-state index contributed by atoms with van der Waals surface area (Å²) in [5.41, 5.74) is 8.59. The van der Waals surface area contributed by atoms with E-state index in [1.807, 2.05) is 0 Å². The van der Waals surface area contributed by atoms with E-state index in [9.17, 15) is 4.79 Å². The highest BCUT2D eigenvalue weighted by molar-refractivity contribution is 5.76. The molecule has 1 aromatic carbocycles. The molecule has 1 atom stereocenters. The van der Waals surface area contributed by atoms with Crippen molar-refractivity contribution in [2.24, 2.45) is 11.1 Å². The molecular formula is C22H35N3O2. The molecule has 5 nitrogen and oxygen atoms in total. The molecule has 3 N–H and O–H groups in total. The summed E-state index contributed by atoms with van der Waals surface area (Å²) in [5.74, 6) is 0.146. The van der Waals surface area contributed by atoms with E-state index < -0.39 is 0 Å². The number of ether oxygens (including phenoxy) is 1. The van der Waals surface area contributed by atoms with Crippen molar-refractivity contribution < 1.29 is 9.53 Å². The first kappa shape index (κ1) is 20.3. The van der Waals surface area contributed by atoms with E-state index in [4.69, 9.17) is 10.5 Å². The van der Waals surface area contributed by atoms with Crippen LogP contribution in [0, 0.1) is 12.3 Å². The smallest absolute Gasteiger partial charge is 0.220 e. The van der Waals surface area contributed by atoms with Gasteiger partial charge in [0.05, 0.1) is 19.3 Å². The number of carbonyl (C=O) groups is 1. The van der Waals surface area contributed by atoms with Crippen LogP contribution in [0.4, 0.5) is 0 Å². The second kappa shape index (κ2) is 9.67. The van der Waals surface area contributed by atoms with Crippen molar-refractivity contribution in [3.63, 3.8) is 0 Å². The average Bonchev–Trinajstić information content (AvgIpc) is 2.71. The van der Waals surface area contributed by atoms with Crippen molar-refractivity contribution >= 4 is 5.91 Å². The number of carbonyl (C=O) groups excluding carboxylic acids is 1. The molecule has 1 aliphatic carbocycles. The topological polar surface area (TPSA) is 67.6 Å². The number of nitrogens with one attached hydrogen (secondary N) is 1. The zero-order valence-corrected chi connectivity index (χ0v) is 16.7. The van der Waals surface area contributed by atoms with Gasteiger partial charge >= 0.3 is 0 Å². The molecule has 1 heterocycles. The Morgan fingerprint density at radius 2 is 1.85 bits per heavy atom. The lowest BCUT2D eigenvalue weighted by Crippen LogP contribution is -2.45. The molecule has 1 saturated carbocycles. The summed E-state index contributed by atoms with van der Waals surface area (Å²) in [4.78, 5) is 15.2. The zero-order chi connectivity index (χ0) is 19.1. The number of amides is 1. The van der Waals surface area contributed by atoms with Gasteiger partial charge < -0.3 is 15.8 Å². The van der Waals surface area contributed by atoms with Crippen LogP contribution < -0.4 is 11.1 Å². The fourth-order valence-corrected chi connectivity index (χ4v) is 4.50. The van der Waals surface area contributed by atoms with Crippen LogP contribution in [0.5, 0.6) is 0 Å². The molecule has 150 valence electrons. The van der Waals surface area contributed by atoms with Gasteiger partial charge in [0, 0.05) is 26.1 Å². The van der Waals surface area contributed by atoms with Crippen LogP contribution in [0.15, 0.2) is 24.3 Å². The van der Waals surface area contributed by atoms with Gasteiger partial charge in [0.1, 0.15) is 0 Å². The number of rotatable bonds is 7. The van der Waals surface area contributed by atoms with Gasteiger partial charge in [0.25, 0.3) is 0 Å². The Morgan fingerprint density at radius 1 is 1.19 bits per heavy atom. The normalized spacial score (nSPS) is 21.6. The summed E-state index contributed by atoms with van der Waals surface area (Å²) in [7, 11) is 0. The minimum atomic E-state index is 0.0145. The lowest BCUT2D eigenvalue weighted by Gasteiger charge is -2.37. The monoisotopic (exact) mass is 373 g/mol. The fourth-order valence-electron chi connectivity index (χ4n) is 4.50. The molecule has 0 radical (unpaired) electrons. The molecule has 1 saturated heterocycles. The summed E-state index contributed by atoms with van der Waals surface area (Å²) >= 11 is 0. The maximum absolute atomic E-state index is 12.7. The Labute approximate surface area is 163 Å². The average molecular weight is 374 g/mol. The first-order chi connectivity index (χ1) is 13.1. The fraction of sp³-hybridized carbons (Fsp3) is 0.682. The maximum atomic E-state index is 12.7. The predicted molar refractivity (Wildman–Crippen MR) is 109 cm³/mol. The standard InChI is InChI=1S/C22H35N3O2/c1-18-5-7-19(8-6-18)20(25-11-13-27-14-12-25)16-24-21(26)15-22(17-23)9-3-2-4-10-22/h5-8,20H,2-4,9-17,23H2,1H3,(H,24,26). The first-order valence-corrected chi connectivity index (χ1v) is 10.5. The zero-order valence-electron chi connectivity index (χ0n) is 16.7. The van der Waals surface area contributed by atoms with Crippen LogP contribution >= 0.6 is 0 Å². The van der Waals surface area contributed by atoms with Crippen molar-refractivity contribution in [3.8, 4) is 0 Å². The highest BCUT2D eigenvalue weighted by atomic mass is 16.5. The van der Waals surface area contributed by atoms with Crippen LogP contribution in [0.2, 0.25) is 0 Å². The molecule has 27 heavy (non-hydrogen) atoms. The van der Waals surface area contributed by atoms with Gasteiger partial charge in [0.15, 0.2) is 0 Å². The maximum Gasteiger partial charge on any atom is 0.220 e. The van der Waals surface area contributed by atoms with Crippen molar-refractivity contribution in [1.29, 1.82) is 0 Å². The van der Waals surface area contributed by atoms with Crippen LogP contribution in [-0.2, 0) is 9.53 Å². The largest absolute Gasteiger partial charge is 0.379 e. The summed E-state index contributed by atoms with van der Waals surface area (Å²) in [6.45, 7) is 6.68. The molecular weight excluding hydrogens is 338 g/mol. The van der Waals surface area contributed by atoms with Crippen LogP contribution in [-0.4, -0.2) is 50.2 Å². The highest BCUT2D eigenvalue weighted by Crippen LogP contribution is 2.38. The third kappa shape index (κ3) is 5.53. The first-order valence-electron chi connectivity index (χ1n) is 10.5. The van der Waals surface area contributed by atoms with E-state index in [0.717, 1.165) is 39.1 Å². The molecule has 2 fully saturated rings. The summed E-state index contributed by atoms with van der Waals surface area (Å²) < 4.78 is 5.52. The number of morpholine rings is 1. The Hall–Kier alpha value is -1.43. The molecule has 1 unspecified atom stereocenters. The number of nitrogens with zero attached hydrogens (tertiary/aromatic N) is 1. The van der Waals surface area contributed by atoms with Crippen molar-refractivity contribution in [1.82, 2.24) is 10.2 Å². The minimum Gasteiger partial charge on any atom is -0.379 e. The van der Waals surface area contributed by atoms with Gasteiger partial charge in [0.2, 0.25) is 5.91 Å². The van der Waals surface area contributed by atoms with Crippen LogP contribution in [0.3, 0.4) is 0 Å². The lowest BCUT2D eigenvalue weighted by molar-refractivity contribution is -0.124.